The fourth-order valence-electron chi connectivity index (χ4n) is 2.05. The van der Waals surface area contributed by atoms with Crippen LogP contribution in [0, 0.1) is 6.92 Å². The number of halogens is 1. The summed E-state index contributed by atoms with van der Waals surface area (Å²) in [5.41, 5.74) is 1.50. The molecule has 0 fully saturated rings. The van der Waals surface area contributed by atoms with Gasteiger partial charge in [0.15, 0.2) is 5.65 Å². The Bertz CT molecular complexity index is 878. The van der Waals surface area contributed by atoms with Crippen molar-refractivity contribution in [3.05, 3.63) is 41.3 Å². The number of methoxy groups -OCH3 is 1. The van der Waals surface area contributed by atoms with Gasteiger partial charge in [-0.2, -0.15) is 5.10 Å². The third-order valence-electron chi connectivity index (χ3n) is 3.20. The molecule has 0 radical (unpaired) electrons. The van der Waals surface area contributed by atoms with Gasteiger partial charge in [0.1, 0.15) is 24.0 Å². The average Bonchev–Trinajstić information content (AvgIpc) is 2.94. The van der Waals surface area contributed by atoms with Crippen LogP contribution in [0.1, 0.15) is 5.56 Å². The summed E-state index contributed by atoms with van der Waals surface area (Å²) in [6.45, 7) is 1.90. The number of hydrogen-bond donors (Lipinski definition) is 0. The molecule has 0 bridgehead atoms. The van der Waals surface area contributed by atoms with Gasteiger partial charge >= 0.3 is 5.97 Å². The molecule has 0 atom stereocenters. The van der Waals surface area contributed by atoms with Crippen LogP contribution in [0.5, 0.6) is 11.6 Å². The van der Waals surface area contributed by atoms with E-state index in [-0.39, 0.29) is 6.54 Å². The Labute approximate surface area is 136 Å². The van der Waals surface area contributed by atoms with Crippen molar-refractivity contribution in [2.24, 2.45) is 0 Å². The molecule has 0 saturated heterocycles. The summed E-state index contributed by atoms with van der Waals surface area (Å²) >= 11 is 6.17. The summed E-state index contributed by atoms with van der Waals surface area (Å²) in [4.78, 5) is 19.7. The minimum Gasteiger partial charge on any atom is -0.468 e. The number of aromatic nitrogens is 4. The number of aryl methyl sites for hydroxylation is 1. The second-order valence-corrected chi connectivity index (χ2v) is 5.24. The second kappa shape index (κ2) is 6.21. The summed E-state index contributed by atoms with van der Waals surface area (Å²) in [6, 6.07) is 5.46. The molecular formula is C15H13ClN4O3. The van der Waals surface area contributed by atoms with E-state index in [1.807, 2.05) is 13.0 Å². The van der Waals surface area contributed by atoms with Crippen molar-refractivity contribution in [2.45, 2.75) is 13.5 Å². The summed E-state index contributed by atoms with van der Waals surface area (Å²) in [5.74, 6) is 0.382. The summed E-state index contributed by atoms with van der Waals surface area (Å²) in [5, 5.41) is 5.18. The zero-order chi connectivity index (χ0) is 16.4. The first-order valence-electron chi connectivity index (χ1n) is 6.76. The van der Waals surface area contributed by atoms with Crippen molar-refractivity contribution in [2.75, 3.05) is 7.11 Å². The van der Waals surface area contributed by atoms with Gasteiger partial charge in [0.2, 0.25) is 5.88 Å². The molecule has 3 rings (SSSR count). The fraction of sp³-hybridized carbons (Fsp3) is 0.200. The van der Waals surface area contributed by atoms with Gasteiger partial charge in [0.05, 0.1) is 18.3 Å². The van der Waals surface area contributed by atoms with E-state index in [0.29, 0.717) is 27.7 Å². The SMILES string of the molecule is COC(=O)Cn1ncc2c(Oc3ccc(C)cc3Cl)ncnc21. The Balaban J connectivity index is 1.97. The van der Waals surface area contributed by atoms with Crippen LogP contribution in [0.25, 0.3) is 11.0 Å². The predicted octanol–water partition coefficient (Wildman–Crippen LogP) is 2.75. The van der Waals surface area contributed by atoms with Gasteiger partial charge in [-0.15, -0.1) is 0 Å². The summed E-state index contributed by atoms with van der Waals surface area (Å²) < 4.78 is 11.8. The second-order valence-electron chi connectivity index (χ2n) is 4.83. The normalized spacial score (nSPS) is 10.7. The molecule has 2 heterocycles. The molecule has 0 saturated carbocycles. The van der Waals surface area contributed by atoms with Gasteiger partial charge in [-0.3, -0.25) is 4.79 Å². The van der Waals surface area contributed by atoms with E-state index in [2.05, 4.69) is 19.8 Å². The van der Waals surface area contributed by atoms with Crippen LogP contribution in [-0.4, -0.2) is 32.8 Å². The molecule has 0 amide bonds. The molecule has 8 heteroatoms. The van der Waals surface area contributed by atoms with Crippen molar-refractivity contribution < 1.29 is 14.3 Å². The molecule has 2 aromatic heterocycles. The summed E-state index contributed by atoms with van der Waals surface area (Å²) in [7, 11) is 1.32. The van der Waals surface area contributed by atoms with Gasteiger partial charge in [-0.05, 0) is 24.6 Å². The number of carbonyl (C=O) groups excluding carboxylic acids is 1. The zero-order valence-corrected chi connectivity index (χ0v) is 13.2. The third-order valence-corrected chi connectivity index (χ3v) is 3.49. The van der Waals surface area contributed by atoms with Crippen LogP contribution in [0.3, 0.4) is 0 Å². The highest BCUT2D eigenvalue weighted by molar-refractivity contribution is 6.32. The van der Waals surface area contributed by atoms with Crippen molar-refractivity contribution in [3.63, 3.8) is 0 Å². The minimum absolute atomic E-state index is 0.0399. The van der Waals surface area contributed by atoms with Crippen LogP contribution in [0.2, 0.25) is 5.02 Å². The standard InChI is InChI=1S/C15H13ClN4O3/c1-9-3-4-12(11(16)5-9)23-15-10-6-19-20(7-13(21)22-2)14(10)17-8-18-15/h3-6,8H,7H2,1-2H3. The lowest BCUT2D eigenvalue weighted by Gasteiger charge is -2.08. The van der Waals surface area contributed by atoms with Crippen LogP contribution < -0.4 is 4.74 Å². The minimum atomic E-state index is -0.419. The maximum absolute atomic E-state index is 11.4. The number of hydrogen-bond acceptors (Lipinski definition) is 6. The highest BCUT2D eigenvalue weighted by Crippen LogP contribution is 2.32. The number of benzene rings is 1. The van der Waals surface area contributed by atoms with Gasteiger partial charge < -0.3 is 9.47 Å². The molecule has 0 N–H and O–H groups in total. The lowest BCUT2D eigenvalue weighted by atomic mass is 10.2. The van der Waals surface area contributed by atoms with Crippen molar-refractivity contribution in [1.29, 1.82) is 0 Å². The quantitative estimate of drug-likeness (QED) is 0.683. The number of nitrogens with zero attached hydrogens (tertiary/aromatic N) is 4. The highest BCUT2D eigenvalue weighted by Gasteiger charge is 2.14. The average molecular weight is 333 g/mol. The lowest BCUT2D eigenvalue weighted by Crippen LogP contribution is -2.12. The molecule has 0 aliphatic carbocycles. The van der Waals surface area contributed by atoms with E-state index in [9.17, 15) is 4.79 Å². The monoisotopic (exact) mass is 332 g/mol. The lowest BCUT2D eigenvalue weighted by molar-refractivity contribution is -0.141. The molecule has 0 aliphatic heterocycles. The molecule has 7 nitrogen and oxygen atoms in total. The van der Waals surface area contributed by atoms with Gasteiger partial charge in [0, 0.05) is 0 Å². The Hall–Kier alpha value is -2.67. The Morgan fingerprint density at radius 2 is 2.17 bits per heavy atom. The largest absolute Gasteiger partial charge is 0.468 e. The smallest absolute Gasteiger partial charge is 0.327 e. The number of ether oxygens (including phenoxy) is 2. The van der Waals surface area contributed by atoms with Crippen molar-refractivity contribution in [3.8, 4) is 11.6 Å². The highest BCUT2D eigenvalue weighted by atomic mass is 35.5. The molecule has 118 valence electrons. The molecule has 23 heavy (non-hydrogen) atoms. The molecule has 1 aromatic carbocycles. The van der Waals surface area contributed by atoms with Crippen LogP contribution in [0.15, 0.2) is 30.7 Å². The molecule has 0 unspecified atom stereocenters. The maximum Gasteiger partial charge on any atom is 0.327 e. The molecule has 0 spiro atoms. The van der Waals surface area contributed by atoms with E-state index < -0.39 is 5.97 Å². The van der Waals surface area contributed by atoms with Gasteiger partial charge in [-0.1, -0.05) is 17.7 Å². The predicted molar refractivity (Wildman–Crippen MR) is 83.6 cm³/mol. The molecular weight excluding hydrogens is 320 g/mol. The van der Waals surface area contributed by atoms with Crippen LogP contribution in [-0.2, 0) is 16.1 Å². The number of fused-ring (bicyclic) bond motifs is 1. The van der Waals surface area contributed by atoms with Crippen LogP contribution in [0.4, 0.5) is 0 Å². The van der Waals surface area contributed by atoms with E-state index >= 15 is 0 Å². The van der Waals surface area contributed by atoms with Crippen LogP contribution >= 0.6 is 11.6 Å². The maximum atomic E-state index is 11.4. The first-order chi connectivity index (χ1) is 11.1. The molecule has 0 aliphatic rings. The first-order valence-corrected chi connectivity index (χ1v) is 7.13. The first kappa shape index (κ1) is 15.2. The topological polar surface area (TPSA) is 79.1 Å². The number of esters is 1. The Morgan fingerprint density at radius 1 is 1.35 bits per heavy atom. The van der Waals surface area contributed by atoms with Gasteiger partial charge in [0.25, 0.3) is 0 Å². The van der Waals surface area contributed by atoms with Crippen molar-refractivity contribution in [1.82, 2.24) is 19.7 Å². The van der Waals surface area contributed by atoms with Crippen molar-refractivity contribution >= 4 is 28.6 Å². The number of carbonyl (C=O) groups is 1. The Kier molecular flexibility index (Phi) is 4.12. The van der Waals surface area contributed by atoms with E-state index in [1.54, 1.807) is 12.1 Å². The molecule has 3 aromatic rings. The number of rotatable bonds is 4. The van der Waals surface area contributed by atoms with E-state index in [1.165, 1.54) is 24.3 Å². The Morgan fingerprint density at radius 3 is 2.91 bits per heavy atom. The zero-order valence-electron chi connectivity index (χ0n) is 12.5. The van der Waals surface area contributed by atoms with Gasteiger partial charge in [-0.25, -0.2) is 14.6 Å². The van der Waals surface area contributed by atoms with E-state index in [4.69, 9.17) is 16.3 Å². The summed E-state index contributed by atoms with van der Waals surface area (Å²) in [6.07, 6.45) is 2.88. The fourth-order valence-corrected chi connectivity index (χ4v) is 2.32. The van der Waals surface area contributed by atoms with E-state index in [0.717, 1.165) is 5.56 Å². The third kappa shape index (κ3) is 3.09.